The lowest BCUT2D eigenvalue weighted by Gasteiger charge is -2.33. The molecule has 0 radical (unpaired) electrons. The molecule has 1 aromatic heterocycles. The highest BCUT2D eigenvalue weighted by Gasteiger charge is 2.28. The Morgan fingerprint density at radius 1 is 1.29 bits per heavy atom. The summed E-state index contributed by atoms with van der Waals surface area (Å²) in [4.78, 5) is 18.9. The van der Waals surface area contributed by atoms with Crippen LogP contribution in [0.25, 0.3) is 0 Å². The van der Waals surface area contributed by atoms with Crippen molar-refractivity contribution in [2.75, 3.05) is 19.7 Å². The summed E-state index contributed by atoms with van der Waals surface area (Å²) in [6.07, 6.45) is 1.49. The van der Waals surface area contributed by atoms with E-state index in [4.69, 9.17) is 5.11 Å². The van der Waals surface area contributed by atoms with Gasteiger partial charge in [-0.05, 0) is 24.3 Å². The summed E-state index contributed by atoms with van der Waals surface area (Å²) in [6, 6.07) is 10.1. The van der Waals surface area contributed by atoms with E-state index < -0.39 is 6.10 Å². The predicted octanol–water partition coefficient (Wildman–Crippen LogP) is 1.94. The molecule has 3 rings (SSSR count). The minimum absolute atomic E-state index is 0.0394. The van der Waals surface area contributed by atoms with Crippen molar-refractivity contribution in [3.63, 3.8) is 0 Å². The molecule has 1 amide bonds. The average Bonchev–Trinajstić information content (AvgIpc) is 3.10. The van der Waals surface area contributed by atoms with Crippen LogP contribution in [-0.4, -0.2) is 51.8 Å². The normalized spacial score (nSPS) is 17.0. The molecule has 0 bridgehead atoms. The monoisotopic (exact) mass is 346 g/mol. The Hall–Kier alpha value is -1.76. The summed E-state index contributed by atoms with van der Waals surface area (Å²) in [5, 5.41) is 21.5. The molecular formula is C18H22N2O3S. The van der Waals surface area contributed by atoms with E-state index in [0.29, 0.717) is 31.6 Å². The molecule has 1 atom stereocenters. The average molecular weight is 346 g/mol. The minimum atomic E-state index is -0.681. The highest BCUT2D eigenvalue weighted by molar-refractivity contribution is 7.09. The van der Waals surface area contributed by atoms with Crippen molar-refractivity contribution in [1.82, 2.24) is 9.88 Å². The molecule has 1 fully saturated rings. The second-order valence-corrected chi connectivity index (χ2v) is 7.11. The van der Waals surface area contributed by atoms with E-state index in [1.807, 2.05) is 23.6 Å². The van der Waals surface area contributed by atoms with Crippen molar-refractivity contribution in [3.8, 4) is 0 Å². The molecule has 1 aliphatic heterocycles. The van der Waals surface area contributed by atoms with Gasteiger partial charge in [-0.15, -0.1) is 11.3 Å². The Labute approximate surface area is 145 Å². The van der Waals surface area contributed by atoms with Crippen LogP contribution in [0.3, 0.4) is 0 Å². The van der Waals surface area contributed by atoms with Gasteiger partial charge in [0, 0.05) is 24.9 Å². The van der Waals surface area contributed by atoms with E-state index in [2.05, 4.69) is 17.1 Å². The molecule has 2 aromatic rings. The Morgan fingerprint density at radius 3 is 2.67 bits per heavy atom. The molecule has 2 N–H and O–H groups in total. The molecule has 1 aliphatic rings. The minimum Gasteiger partial charge on any atom is -0.394 e. The number of piperidine rings is 1. The van der Waals surface area contributed by atoms with Gasteiger partial charge in [0.15, 0.2) is 0 Å². The third-order valence-corrected chi connectivity index (χ3v) is 5.38. The number of carbonyl (C=O) groups is 1. The van der Waals surface area contributed by atoms with E-state index in [1.165, 1.54) is 16.9 Å². The molecule has 0 spiro atoms. The summed E-state index contributed by atoms with van der Waals surface area (Å²) in [5.41, 5.74) is 1.69. The molecule has 0 aliphatic carbocycles. The van der Waals surface area contributed by atoms with E-state index in [-0.39, 0.29) is 18.4 Å². The van der Waals surface area contributed by atoms with Crippen LogP contribution in [0.15, 0.2) is 35.7 Å². The third kappa shape index (κ3) is 4.01. The maximum absolute atomic E-state index is 12.6. The number of aromatic nitrogens is 1. The maximum atomic E-state index is 12.6. The van der Waals surface area contributed by atoms with E-state index in [0.717, 1.165) is 11.4 Å². The van der Waals surface area contributed by atoms with Crippen LogP contribution >= 0.6 is 11.3 Å². The lowest BCUT2D eigenvalue weighted by Crippen LogP contribution is -2.42. The van der Waals surface area contributed by atoms with Gasteiger partial charge < -0.3 is 15.1 Å². The van der Waals surface area contributed by atoms with E-state index >= 15 is 0 Å². The number of benzene rings is 1. The second kappa shape index (κ2) is 7.88. The molecule has 24 heavy (non-hydrogen) atoms. The summed E-state index contributed by atoms with van der Waals surface area (Å²) in [6.45, 7) is 0.992. The fraction of sp³-hybridized carbons (Fsp3) is 0.444. The number of likely N-dealkylation sites (tertiary alicyclic amines) is 1. The van der Waals surface area contributed by atoms with Crippen molar-refractivity contribution in [3.05, 3.63) is 52.0 Å². The molecule has 5 nitrogen and oxygen atoms in total. The fourth-order valence-corrected chi connectivity index (χ4v) is 3.86. The number of hydrogen-bond acceptors (Lipinski definition) is 5. The smallest absolute Gasteiger partial charge is 0.273 e. The van der Waals surface area contributed by atoms with Crippen LogP contribution in [0.4, 0.5) is 0 Å². The molecular weight excluding hydrogens is 324 g/mol. The quantitative estimate of drug-likeness (QED) is 0.868. The standard InChI is InChI=1S/C18H22N2O3S/c21-11-16(22)14-6-8-20(9-7-14)18(23)15-12-24-17(19-15)10-13-4-2-1-3-5-13/h1-5,12,14,16,21-22H,6-11H2. The number of rotatable bonds is 5. The highest BCUT2D eigenvalue weighted by atomic mass is 32.1. The maximum Gasteiger partial charge on any atom is 0.273 e. The molecule has 128 valence electrons. The van der Waals surface area contributed by atoms with Crippen LogP contribution in [0, 0.1) is 5.92 Å². The van der Waals surface area contributed by atoms with Gasteiger partial charge in [-0.3, -0.25) is 4.79 Å². The first-order valence-corrected chi connectivity index (χ1v) is 9.12. The van der Waals surface area contributed by atoms with Crippen molar-refractivity contribution in [2.45, 2.75) is 25.4 Å². The molecule has 1 aromatic carbocycles. The lowest BCUT2D eigenvalue weighted by atomic mass is 9.91. The van der Waals surface area contributed by atoms with Gasteiger partial charge in [-0.2, -0.15) is 0 Å². The Kier molecular flexibility index (Phi) is 5.60. The van der Waals surface area contributed by atoms with Gasteiger partial charge in [0.25, 0.3) is 5.91 Å². The molecule has 6 heteroatoms. The zero-order valence-electron chi connectivity index (χ0n) is 13.5. The van der Waals surface area contributed by atoms with Crippen molar-refractivity contribution in [1.29, 1.82) is 0 Å². The lowest BCUT2D eigenvalue weighted by molar-refractivity contribution is 0.0178. The number of amides is 1. The topological polar surface area (TPSA) is 73.7 Å². The van der Waals surface area contributed by atoms with Gasteiger partial charge in [0.05, 0.1) is 17.7 Å². The van der Waals surface area contributed by atoms with Crippen LogP contribution in [-0.2, 0) is 6.42 Å². The Bertz CT molecular complexity index is 666. The Balaban J connectivity index is 1.58. The van der Waals surface area contributed by atoms with Gasteiger partial charge >= 0.3 is 0 Å². The van der Waals surface area contributed by atoms with Gasteiger partial charge in [0.1, 0.15) is 5.69 Å². The SMILES string of the molecule is O=C(c1csc(Cc2ccccc2)n1)N1CCC(C(O)CO)CC1. The number of thiazole rings is 1. The first kappa shape index (κ1) is 17.1. The largest absolute Gasteiger partial charge is 0.394 e. The van der Waals surface area contributed by atoms with Gasteiger partial charge in [0.2, 0.25) is 0 Å². The van der Waals surface area contributed by atoms with Crippen LogP contribution in [0.2, 0.25) is 0 Å². The van der Waals surface area contributed by atoms with Gasteiger partial charge in [-0.25, -0.2) is 4.98 Å². The third-order valence-electron chi connectivity index (χ3n) is 4.53. The van der Waals surface area contributed by atoms with Gasteiger partial charge in [-0.1, -0.05) is 30.3 Å². The van der Waals surface area contributed by atoms with Crippen LogP contribution in [0.1, 0.15) is 33.9 Å². The van der Waals surface area contributed by atoms with E-state index in [1.54, 1.807) is 4.90 Å². The zero-order valence-corrected chi connectivity index (χ0v) is 14.3. The second-order valence-electron chi connectivity index (χ2n) is 6.17. The fourth-order valence-electron chi connectivity index (χ4n) is 3.06. The molecule has 1 saturated heterocycles. The van der Waals surface area contributed by atoms with Crippen LogP contribution < -0.4 is 0 Å². The van der Waals surface area contributed by atoms with Crippen LogP contribution in [0.5, 0.6) is 0 Å². The molecule has 0 saturated carbocycles. The number of nitrogens with zero attached hydrogens (tertiary/aromatic N) is 2. The predicted molar refractivity (Wildman–Crippen MR) is 93.1 cm³/mol. The number of hydrogen-bond donors (Lipinski definition) is 2. The first-order chi connectivity index (χ1) is 11.7. The Morgan fingerprint density at radius 2 is 2.00 bits per heavy atom. The molecule has 2 heterocycles. The number of carbonyl (C=O) groups excluding carboxylic acids is 1. The first-order valence-electron chi connectivity index (χ1n) is 8.24. The highest BCUT2D eigenvalue weighted by Crippen LogP contribution is 2.23. The number of aliphatic hydroxyl groups is 2. The summed E-state index contributed by atoms with van der Waals surface area (Å²) < 4.78 is 0. The van der Waals surface area contributed by atoms with E-state index in [9.17, 15) is 9.90 Å². The zero-order chi connectivity index (χ0) is 16.9. The summed E-state index contributed by atoms with van der Waals surface area (Å²) >= 11 is 1.51. The van der Waals surface area contributed by atoms with Crippen molar-refractivity contribution < 1.29 is 15.0 Å². The van der Waals surface area contributed by atoms with Crippen molar-refractivity contribution >= 4 is 17.2 Å². The number of aliphatic hydroxyl groups excluding tert-OH is 2. The summed E-state index contributed by atoms with van der Waals surface area (Å²) in [7, 11) is 0. The summed E-state index contributed by atoms with van der Waals surface area (Å²) in [5.74, 6) is 0.0330. The molecule has 1 unspecified atom stereocenters. The van der Waals surface area contributed by atoms with Crippen molar-refractivity contribution in [2.24, 2.45) is 5.92 Å².